The van der Waals surface area contributed by atoms with Crippen molar-refractivity contribution in [2.45, 2.75) is 30.7 Å². The Kier molecular flexibility index (Phi) is 3.33. The molecule has 1 aromatic carbocycles. The Labute approximate surface area is 125 Å². The normalized spacial score (nSPS) is 19.8. The van der Waals surface area contributed by atoms with Gasteiger partial charge in [0.05, 0.1) is 15.9 Å². The first-order chi connectivity index (χ1) is 10.3. The summed E-state index contributed by atoms with van der Waals surface area (Å²) < 4.78 is 26.6. The predicted octanol–water partition coefficient (Wildman–Crippen LogP) is 0.402. The minimum Gasteiger partial charge on any atom is -0.480 e. The number of aromatic nitrogens is 2. The van der Waals surface area contributed by atoms with Crippen LogP contribution < -0.4 is 5.69 Å². The maximum absolute atomic E-state index is 12.8. The first-order valence-electron chi connectivity index (χ1n) is 6.78. The van der Waals surface area contributed by atoms with Crippen molar-refractivity contribution in [1.82, 2.24) is 14.3 Å². The third-order valence-electron chi connectivity index (χ3n) is 3.89. The molecular formula is C13H15N3O5S. The monoisotopic (exact) mass is 325 g/mol. The van der Waals surface area contributed by atoms with Crippen LogP contribution in [0, 0.1) is 6.92 Å². The summed E-state index contributed by atoms with van der Waals surface area (Å²) in [4.78, 5) is 27.6. The highest BCUT2D eigenvalue weighted by molar-refractivity contribution is 7.89. The molecule has 22 heavy (non-hydrogen) atoms. The number of aliphatic carboxylic acids is 1. The number of hydrogen-bond donors (Lipinski definition) is 3. The van der Waals surface area contributed by atoms with E-state index in [-0.39, 0.29) is 11.4 Å². The molecule has 3 N–H and O–H groups in total. The topological polar surface area (TPSA) is 123 Å². The van der Waals surface area contributed by atoms with E-state index < -0.39 is 27.7 Å². The molecule has 1 aliphatic rings. The lowest BCUT2D eigenvalue weighted by atomic mass is 10.2. The van der Waals surface area contributed by atoms with Crippen LogP contribution >= 0.6 is 0 Å². The maximum atomic E-state index is 12.8. The van der Waals surface area contributed by atoms with Crippen molar-refractivity contribution in [2.75, 3.05) is 6.54 Å². The molecule has 0 radical (unpaired) electrons. The zero-order valence-electron chi connectivity index (χ0n) is 11.8. The SMILES string of the molecule is Cc1cc2[nH]c(=O)[nH]c2cc1S(=O)(=O)N1CCC[C@@H]1C(=O)O. The minimum absolute atomic E-state index is 0.0170. The standard InChI is InChI=1S/C13H15N3O5S/c1-7-5-8-9(15-13(19)14-8)6-11(7)22(20,21)16-4-2-3-10(16)12(17)18/h5-6,10H,2-4H2,1H3,(H,17,18)(H2,14,15,19)/t10-/m1/s1. The number of aromatic amines is 2. The summed E-state index contributed by atoms with van der Waals surface area (Å²) in [5.41, 5.74) is 0.922. The molecular weight excluding hydrogens is 310 g/mol. The Bertz CT molecular complexity index is 911. The summed E-state index contributed by atoms with van der Waals surface area (Å²) in [6.07, 6.45) is 0.815. The number of sulfonamides is 1. The largest absolute Gasteiger partial charge is 0.480 e. The molecule has 3 rings (SSSR count). The van der Waals surface area contributed by atoms with Crippen molar-refractivity contribution in [2.24, 2.45) is 0 Å². The fraction of sp³-hybridized carbons (Fsp3) is 0.385. The van der Waals surface area contributed by atoms with Crippen LogP contribution in [-0.2, 0) is 14.8 Å². The molecule has 0 unspecified atom stereocenters. The average molecular weight is 325 g/mol. The van der Waals surface area contributed by atoms with Crippen molar-refractivity contribution < 1.29 is 18.3 Å². The third kappa shape index (κ3) is 2.22. The molecule has 8 nitrogen and oxygen atoms in total. The number of nitrogens with zero attached hydrogens (tertiary/aromatic N) is 1. The lowest BCUT2D eigenvalue weighted by Crippen LogP contribution is -2.40. The number of aryl methyl sites for hydroxylation is 1. The highest BCUT2D eigenvalue weighted by Gasteiger charge is 2.40. The molecule has 0 bridgehead atoms. The van der Waals surface area contributed by atoms with Crippen molar-refractivity contribution in [3.8, 4) is 0 Å². The van der Waals surface area contributed by atoms with Gasteiger partial charge in [0, 0.05) is 6.54 Å². The minimum atomic E-state index is -3.93. The van der Waals surface area contributed by atoms with Crippen LogP contribution in [0.2, 0.25) is 0 Å². The fourth-order valence-electron chi connectivity index (χ4n) is 2.85. The van der Waals surface area contributed by atoms with Gasteiger partial charge in [0.2, 0.25) is 10.0 Å². The van der Waals surface area contributed by atoms with Crippen LogP contribution in [0.15, 0.2) is 21.8 Å². The number of benzene rings is 1. The highest BCUT2D eigenvalue weighted by atomic mass is 32.2. The van der Waals surface area contributed by atoms with Crippen molar-refractivity contribution >= 4 is 27.0 Å². The summed E-state index contributed by atoms with van der Waals surface area (Å²) in [5.74, 6) is -1.14. The van der Waals surface area contributed by atoms with Gasteiger partial charge in [-0.15, -0.1) is 0 Å². The van der Waals surface area contributed by atoms with E-state index in [1.807, 2.05) is 0 Å². The third-order valence-corrected chi connectivity index (χ3v) is 5.94. The van der Waals surface area contributed by atoms with Gasteiger partial charge in [0.1, 0.15) is 6.04 Å². The number of nitrogens with one attached hydrogen (secondary N) is 2. The van der Waals surface area contributed by atoms with E-state index in [1.54, 1.807) is 13.0 Å². The lowest BCUT2D eigenvalue weighted by Gasteiger charge is -2.22. The Balaban J connectivity index is 2.14. The van der Waals surface area contributed by atoms with E-state index in [9.17, 15) is 23.1 Å². The van der Waals surface area contributed by atoms with Gasteiger partial charge < -0.3 is 15.1 Å². The maximum Gasteiger partial charge on any atom is 0.323 e. The van der Waals surface area contributed by atoms with Gasteiger partial charge in [-0.3, -0.25) is 4.79 Å². The number of H-pyrrole nitrogens is 2. The molecule has 9 heteroatoms. The molecule has 118 valence electrons. The number of carbonyl (C=O) groups is 1. The zero-order chi connectivity index (χ0) is 16.1. The van der Waals surface area contributed by atoms with Gasteiger partial charge in [-0.05, 0) is 37.5 Å². The van der Waals surface area contributed by atoms with Crippen LogP contribution in [0.4, 0.5) is 0 Å². The van der Waals surface area contributed by atoms with Crippen LogP contribution in [0.1, 0.15) is 18.4 Å². The highest BCUT2D eigenvalue weighted by Crippen LogP contribution is 2.29. The number of fused-ring (bicyclic) bond motifs is 1. The van der Waals surface area contributed by atoms with Gasteiger partial charge in [-0.2, -0.15) is 4.31 Å². The van der Waals surface area contributed by atoms with Crippen LogP contribution in [0.3, 0.4) is 0 Å². The van der Waals surface area contributed by atoms with E-state index in [1.165, 1.54) is 6.07 Å². The summed E-state index contributed by atoms with van der Waals surface area (Å²) in [5, 5.41) is 9.18. The number of carboxylic acid groups (broad SMARTS) is 1. The fourth-order valence-corrected chi connectivity index (χ4v) is 4.73. The lowest BCUT2D eigenvalue weighted by molar-refractivity contribution is -0.140. The molecule has 1 aromatic heterocycles. The molecule has 0 amide bonds. The second-order valence-electron chi connectivity index (χ2n) is 5.35. The molecule has 1 aliphatic heterocycles. The number of carboxylic acids is 1. The molecule has 1 fully saturated rings. The summed E-state index contributed by atoms with van der Waals surface area (Å²) in [6, 6.07) is 1.89. The number of rotatable bonds is 3. The molecule has 0 aliphatic carbocycles. The molecule has 0 saturated carbocycles. The second-order valence-corrected chi connectivity index (χ2v) is 7.21. The molecule has 2 aromatic rings. The molecule has 2 heterocycles. The van der Waals surface area contributed by atoms with Crippen LogP contribution in [-0.4, -0.2) is 46.4 Å². The van der Waals surface area contributed by atoms with E-state index >= 15 is 0 Å². The summed E-state index contributed by atoms with van der Waals surface area (Å²) >= 11 is 0. The molecule has 0 spiro atoms. The first-order valence-corrected chi connectivity index (χ1v) is 8.22. The van der Waals surface area contributed by atoms with Crippen LogP contribution in [0.25, 0.3) is 11.0 Å². The van der Waals surface area contributed by atoms with Gasteiger partial charge in [-0.25, -0.2) is 13.2 Å². The number of imidazole rings is 1. The molecule has 1 saturated heterocycles. The predicted molar refractivity (Wildman–Crippen MR) is 78.2 cm³/mol. The Morgan fingerprint density at radius 3 is 2.59 bits per heavy atom. The van der Waals surface area contributed by atoms with Gasteiger partial charge >= 0.3 is 11.7 Å². The smallest absolute Gasteiger partial charge is 0.323 e. The van der Waals surface area contributed by atoms with Gasteiger partial charge in [0.25, 0.3) is 0 Å². The van der Waals surface area contributed by atoms with Gasteiger partial charge in [-0.1, -0.05) is 0 Å². The quantitative estimate of drug-likeness (QED) is 0.754. The summed E-state index contributed by atoms with van der Waals surface area (Å²) in [7, 11) is -3.93. The Hall–Kier alpha value is -2.13. The van der Waals surface area contributed by atoms with Crippen molar-refractivity contribution in [3.63, 3.8) is 0 Å². The van der Waals surface area contributed by atoms with Crippen molar-refractivity contribution in [1.29, 1.82) is 0 Å². The molecule has 1 atom stereocenters. The van der Waals surface area contributed by atoms with E-state index in [0.717, 1.165) is 4.31 Å². The van der Waals surface area contributed by atoms with E-state index in [2.05, 4.69) is 9.97 Å². The van der Waals surface area contributed by atoms with Gasteiger partial charge in [0.15, 0.2) is 0 Å². The number of hydrogen-bond acceptors (Lipinski definition) is 4. The van der Waals surface area contributed by atoms with E-state index in [4.69, 9.17) is 0 Å². The van der Waals surface area contributed by atoms with Crippen molar-refractivity contribution in [3.05, 3.63) is 28.2 Å². The zero-order valence-corrected chi connectivity index (χ0v) is 12.6. The average Bonchev–Trinajstić information content (AvgIpc) is 3.02. The second kappa shape index (κ2) is 4.96. The Morgan fingerprint density at radius 1 is 1.32 bits per heavy atom. The van der Waals surface area contributed by atoms with Crippen LogP contribution in [0.5, 0.6) is 0 Å². The van der Waals surface area contributed by atoms with E-state index in [0.29, 0.717) is 29.4 Å². The summed E-state index contributed by atoms with van der Waals surface area (Å²) in [6.45, 7) is 1.80. The Morgan fingerprint density at radius 2 is 1.95 bits per heavy atom. The first kappa shape index (κ1) is 14.8.